The molecule has 0 bridgehead atoms. The highest BCUT2D eigenvalue weighted by atomic mass is 16.6. The summed E-state index contributed by atoms with van der Waals surface area (Å²) in [6.07, 6.45) is 7.34. The number of aryl methyl sites for hydroxylation is 1. The number of carbonyl (C=O) groups excluding carboxylic acids is 1. The zero-order chi connectivity index (χ0) is 29.0. The van der Waals surface area contributed by atoms with Gasteiger partial charge < -0.3 is 19.4 Å². The molecule has 0 spiro atoms. The number of piperazine rings is 1. The van der Waals surface area contributed by atoms with Crippen molar-refractivity contribution < 1.29 is 14.3 Å². The molecule has 1 aliphatic heterocycles. The number of hydrogen-bond acceptors (Lipinski definition) is 6. The van der Waals surface area contributed by atoms with Crippen molar-refractivity contribution >= 4 is 17.1 Å². The summed E-state index contributed by atoms with van der Waals surface area (Å²) in [6.45, 7) is 23.2. The minimum absolute atomic E-state index is 0.230. The molecule has 4 heterocycles. The van der Waals surface area contributed by atoms with Crippen LogP contribution >= 0.6 is 0 Å². The van der Waals surface area contributed by atoms with Gasteiger partial charge in [0, 0.05) is 74.0 Å². The van der Waals surface area contributed by atoms with Gasteiger partial charge in [-0.3, -0.25) is 9.88 Å². The van der Waals surface area contributed by atoms with Crippen LogP contribution in [-0.4, -0.2) is 75.8 Å². The summed E-state index contributed by atoms with van der Waals surface area (Å²) in [5, 5.41) is 1.07. The predicted molar refractivity (Wildman–Crippen MR) is 160 cm³/mol. The first-order valence-corrected chi connectivity index (χ1v) is 14.2. The Labute approximate surface area is 235 Å². The highest BCUT2D eigenvalue weighted by molar-refractivity contribution is 5.93. The SMILES string of the molecule is CC.CC(C)C.Cc1cncc(-c2c[nH]c3ncc(COCCN4CCN(C(=O)OC(C)(C)C)CC4)cc23)c1. The molecule has 3 aromatic heterocycles. The van der Waals surface area contributed by atoms with Crippen molar-refractivity contribution in [3.63, 3.8) is 0 Å². The van der Waals surface area contributed by atoms with E-state index in [2.05, 4.69) is 52.8 Å². The van der Waals surface area contributed by atoms with Gasteiger partial charge >= 0.3 is 6.09 Å². The third-order valence-corrected chi connectivity index (χ3v) is 5.62. The monoisotopic (exact) mass is 539 g/mol. The minimum Gasteiger partial charge on any atom is -0.444 e. The number of hydrogen-bond donors (Lipinski definition) is 1. The van der Waals surface area contributed by atoms with Crippen LogP contribution < -0.4 is 0 Å². The van der Waals surface area contributed by atoms with Crippen LogP contribution in [0.2, 0.25) is 0 Å². The molecule has 0 aliphatic carbocycles. The molecule has 4 rings (SSSR count). The fraction of sp³-hybridized carbons (Fsp3) is 0.581. The van der Waals surface area contributed by atoms with Gasteiger partial charge in [-0.05, 0) is 56.9 Å². The van der Waals surface area contributed by atoms with E-state index < -0.39 is 5.60 Å². The van der Waals surface area contributed by atoms with Gasteiger partial charge in [0.15, 0.2) is 0 Å². The van der Waals surface area contributed by atoms with Gasteiger partial charge in [0.2, 0.25) is 0 Å². The highest BCUT2D eigenvalue weighted by Gasteiger charge is 2.25. The number of carbonyl (C=O) groups is 1. The molecule has 0 radical (unpaired) electrons. The summed E-state index contributed by atoms with van der Waals surface area (Å²) in [6, 6.07) is 4.26. The van der Waals surface area contributed by atoms with E-state index in [0.717, 1.165) is 58.8 Å². The van der Waals surface area contributed by atoms with Crippen molar-refractivity contribution in [2.45, 2.75) is 74.5 Å². The second-order valence-electron chi connectivity index (χ2n) is 11.3. The number of aromatic amines is 1. The Balaban J connectivity index is 0.000000815. The first-order chi connectivity index (χ1) is 18.5. The summed E-state index contributed by atoms with van der Waals surface area (Å²) in [4.78, 5) is 28.4. The fourth-order valence-electron chi connectivity index (χ4n) is 3.93. The molecule has 1 amide bonds. The number of ether oxygens (including phenoxy) is 2. The fourth-order valence-corrected chi connectivity index (χ4v) is 3.93. The first kappa shape index (κ1) is 32.2. The lowest BCUT2D eigenvalue weighted by Gasteiger charge is -2.35. The van der Waals surface area contributed by atoms with Crippen LogP contribution in [-0.2, 0) is 16.1 Å². The van der Waals surface area contributed by atoms with Crippen molar-refractivity contribution in [3.8, 4) is 11.1 Å². The van der Waals surface area contributed by atoms with E-state index in [1.54, 1.807) is 4.90 Å². The molecular formula is C31H49N5O3. The van der Waals surface area contributed by atoms with Crippen LogP contribution in [0.1, 0.15) is 66.5 Å². The van der Waals surface area contributed by atoms with Crippen molar-refractivity contribution in [2.75, 3.05) is 39.3 Å². The van der Waals surface area contributed by atoms with Crippen LogP contribution in [0.5, 0.6) is 0 Å². The largest absolute Gasteiger partial charge is 0.444 e. The molecule has 216 valence electrons. The number of fused-ring (bicyclic) bond motifs is 1. The molecule has 1 fully saturated rings. The zero-order valence-electron chi connectivity index (χ0n) is 25.5. The van der Waals surface area contributed by atoms with Gasteiger partial charge in [0.1, 0.15) is 11.2 Å². The van der Waals surface area contributed by atoms with Gasteiger partial charge in [-0.1, -0.05) is 34.6 Å². The van der Waals surface area contributed by atoms with Crippen molar-refractivity contribution in [1.29, 1.82) is 0 Å². The molecular weight excluding hydrogens is 490 g/mol. The van der Waals surface area contributed by atoms with Gasteiger partial charge in [0.25, 0.3) is 0 Å². The maximum atomic E-state index is 12.2. The van der Waals surface area contributed by atoms with Crippen LogP contribution in [0.15, 0.2) is 36.9 Å². The Morgan fingerprint density at radius 1 is 1.05 bits per heavy atom. The summed E-state index contributed by atoms with van der Waals surface area (Å²) in [7, 11) is 0. The Hall–Kier alpha value is -2.97. The van der Waals surface area contributed by atoms with Gasteiger partial charge in [-0.25, -0.2) is 9.78 Å². The van der Waals surface area contributed by atoms with E-state index in [9.17, 15) is 4.79 Å². The third-order valence-electron chi connectivity index (χ3n) is 5.62. The van der Waals surface area contributed by atoms with E-state index in [1.807, 2.05) is 66.3 Å². The summed E-state index contributed by atoms with van der Waals surface area (Å²) >= 11 is 0. The molecule has 39 heavy (non-hydrogen) atoms. The molecule has 0 aromatic carbocycles. The van der Waals surface area contributed by atoms with Crippen molar-refractivity contribution in [2.24, 2.45) is 5.92 Å². The molecule has 0 unspecified atom stereocenters. The lowest BCUT2D eigenvalue weighted by molar-refractivity contribution is 0.0110. The second kappa shape index (κ2) is 15.6. The quantitative estimate of drug-likeness (QED) is 0.351. The molecule has 0 atom stereocenters. The number of aromatic nitrogens is 3. The summed E-state index contributed by atoms with van der Waals surface area (Å²) in [5.41, 5.74) is 4.74. The zero-order valence-corrected chi connectivity index (χ0v) is 25.5. The van der Waals surface area contributed by atoms with Crippen LogP contribution in [0, 0.1) is 12.8 Å². The molecule has 1 N–H and O–H groups in total. The summed E-state index contributed by atoms with van der Waals surface area (Å²) in [5.74, 6) is 0.833. The molecule has 8 heteroatoms. The van der Waals surface area contributed by atoms with Crippen LogP contribution in [0.4, 0.5) is 4.79 Å². The smallest absolute Gasteiger partial charge is 0.410 e. The number of pyridine rings is 2. The number of rotatable bonds is 6. The van der Waals surface area contributed by atoms with E-state index in [1.165, 1.54) is 0 Å². The normalized spacial score (nSPS) is 13.9. The van der Waals surface area contributed by atoms with Crippen LogP contribution in [0.3, 0.4) is 0 Å². The molecule has 1 saturated heterocycles. The molecule has 1 aliphatic rings. The van der Waals surface area contributed by atoms with Gasteiger partial charge in [0.05, 0.1) is 13.2 Å². The Bertz CT molecular complexity index is 1140. The van der Waals surface area contributed by atoms with E-state index >= 15 is 0 Å². The Morgan fingerprint density at radius 2 is 1.72 bits per heavy atom. The average Bonchev–Trinajstić information content (AvgIpc) is 3.30. The topological polar surface area (TPSA) is 83.6 Å². The first-order valence-electron chi connectivity index (χ1n) is 14.2. The molecule has 0 saturated carbocycles. The third kappa shape index (κ3) is 11.0. The van der Waals surface area contributed by atoms with E-state index in [4.69, 9.17) is 9.47 Å². The Morgan fingerprint density at radius 3 is 2.33 bits per heavy atom. The highest BCUT2D eigenvalue weighted by Crippen LogP contribution is 2.28. The predicted octanol–water partition coefficient (Wildman–Crippen LogP) is 6.69. The maximum absolute atomic E-state index is 12.2. The molecule has 3 aromatic rings. The lowest BCUT2D eigenvalue weighted by Crippen LogP contribution is -2.50. The van der Waals surface area contributed by atoms with Gasteiger partial charge in [-0.2, -0.15) is 0 Å². The number of nitrogens with one attached hydrogen (secondary N) is 1. The van der Waals surface area contributed by atoms with E-state index in [0.29, 0.717) is 26.3 Å². The number of nitrogens with zero attached hydrogens (tertiary/aromatic N) is 4. The van der Waals surface area contributed by atoms with E-state index in [-0.39, 0.29) is 6.09 Å². The van der Waals surface area contributed by atoms with Crippen molar-refractivity contribution in [1.82, 2.24) is 24.8 Å². The van der Waals surface area contributed by atoms with Crippen LogP contribution in [0.25, 0.3) is 22.2 Å². The lowest BCUT2D eigenvalue weighted by atomic mass is 10.1. The maximum Gasteiger partial charge on any atom is 0.410 e. The molecule has 8 nitrogen and oxygen atoms in total. The average molecular weight is 540 g/mol. The number of amides is 1. The van der Waals surface area contributed by atoms with Crippen molar-refractivity contribution in [3.05, 3.63) is 48.0 Å². The standard InChI is InChI=1S/C25H33N5O3.C4H10.C2H6/c1-18-11-20(15-26-13-18)22-16-28-23-21(22)12-19(14-27-23)17-32-10-9-29-5-7-30(8-6-29)24(31)33-25(2,3)4;1-4(2)3;1-2/h11-16H,5-10,17H2,1-4H3,(H,27,28);4H,1-3H3;1-2H3. The Kier molecular flexibility index (Phi) is 12.9. The van der Waals surface area contributed by atoms with Gasteiger partial charge in [-0.15, -0.1) is 0 Å². The minimum atomic E-state index is -0.460. The summed E-state index contributed by atoms with van der Waals surface area (Å²) < 4.78 is 11.4. The number of H-pyrrole nitrogens is 1. The second-order valence-corrected chi connectivity index (χ2v) is 11.3.